The Morgan fingerprint density at radius 1 is 1.12 bits per heavy atom. The van der Waals surface area contributed by atoms with Crippen LogP contribution in [-0.4, -0.2) is 11.9 Å². The highest BCUT2D eigenvalue weighted by atomic mass is 79.9. The summed E-state index contributed by atoms with van der Waals surface area (Å²) in [6.07, 6.45) is 5.35. The van der Waals surface area contributed by atoms with Crippen LogP contribution in [0.1, 0.15) is 31.2 Å². The van der Waals surface area contributed by atoms with Crippen molar-refractivity contribution in [2.45, 2.75) is 32.3 Å². The maximum absolute atomic E-state index is 5.87. The minimum atomic E-state index is 0.411. The standard InChI is InChI=1S/C14H19BrO/c15-11-14(8-4-5-9-14)12-16-10-13-6-2-1-3-7-13/h1-3,6-7H,4-5,8-12H2. The third-order valence-electron chi connectivity index (χ3n) is 3.47. The topological polar surface area (TPSA) is 9.23 Å². The van der Waals surface area contributed by atoms with E-state index in [0.29, 0.717) is 5.41 Å². The molecule has 16 heavy (non-hydrogen) atoms. The molecule has 0 atom stereocenters. The Hall–Kier alpha value is -0.340. The molecule has 1 aromatic rings. The molecule has 0 radical (unpaired) electrons. The zero-order chi connectivity index (χ0) is 11.3. The lowest BCUT2D eigenvalue weighted by atomic mass is 9.90. The first-order valence-corrected chi connectivity index (χ1v) is 7.14. The quantitative estimate of drug-likeness (QED) is 0.737. The van der Waals surface area contributed by atoms with Crippen LogP contribution < -0.4 is 0 Å². The molecule has 1 aliphatic carbocycles. The van der Waals surface area contributed by atoms with E-state index in [1.165, 1.54) is 31.2 Å². The zero-order valence-electron chi connectivity index (χ0n) is 9.62. The van der Waals surface area contributed by atoms with Crippen molar-refractivity contribution in [2.24, 2.45) is 5.41 Å². The number of halogens is 1. The van der Waals surface area contributed by atoms with Crippen molar-refractivity contribution in [2.75, 3.05) is 11.9 Å². The van der Waals surface area contributed by atoms with E-state index in [9.17, 15) is 0 Å². The summed E-state index contributed by atoms with van der Waals surface area (Å²) in [5, 5.41) is 1.08. The van der Waals surface area contributed by atoms with Gasteiger partial charge in [-0.3, -0.25) is 0 Å². The number of hydrogen-bond acceptors (Lipinski definition) is 1. The molecule has 0 aliphatic heterocycles. The summed E-state index contributed by atoms with van der Waals surface area (Å²) in [5.74, 6) is 0. The molecule has 2 rings (SSSR count). The van der Waals surface area contributed by atoms with Crippen LogP contribution in [0.4, 0.5) is 0 Å². The number of hydrogen-bond donors (Lipinski definition) is 0. The number of ether oxygens (including phenoxy) is 1. The molecule has 0 bridgehead atoms. The van der Waals surface area contributed by atoms with Gasteiger partial charge in [0.05, 0.1) is 13.2 Å². The van der Waals surface area contributed by atoms with Gasteiger partial charge in [0.25, 0.3) is 0 Å². The minimum Gasteiger partial charge on any atom is -0.376 e. The Kier molecular flexibility index (Phi) is 4.42. The van der Waals surface area contributed by atoms with E-state index < -0.39 is 0 Å². The van der Waals surface area contributed by atoms with Gasteiger partial charge in [-0.1, -0.05) is 59.1 Å². The molecular weight excluding hydrogens is 264 g/mol. The van der Waals surface area contributed by atoms with Crippen molar-refractivity contribution in [3.63, 3.8) is 0 Å². The van der Waals surface area contributed by atoms with Gasteiger partial charge in [-0.15, -0.1) is 0 Å². The summed E-state index contributed by atoms with van der Waals surface area (Å²) in [6, 6.07) is 10.4. The van der Waals surface area contributed by atoms with Crippen molar-refractivity contribution in [3.8, 4) is 0 Å². The van der Waals surface area contributed by atoms with Crippen molar-refractivity contribution < 1.29 is 4.74 Å². The summed E-state index contributed by atoms with van der Waals surface area (Å²) in [6.45, 7) is 1.64. The highest BCUT2D eigenvalue weighted by Gasteiger charge is 2.32. The second kappa shape index (κ2) is 5.83. The van der Waals surface area contributed by atoms with Crippen molar-refractivity contribution in [1.82, 2.24) is 0 Å². The Morgan fingerprint density at radius 3 is 2.44 bits per heavy atom. The lowest BCUT2D eigenvalue weighted by Crippen LogP contribution is -2.25. The fourth-order valence-corrected chi connectivity index (χ4v) is 3.12. The normalized spacial score (nSPS) is 18.8. The molecule has 0 heterocycles. The van der Waals surface area contributed by atoms with Crippen LogP contribution in [0, 0.1) is 5.41 Å². The monoisotopic (exact) mass is 282 g/mol. The average molecular weight is 283 g/mol. The maximum atomic E-state index is 5.87. The third-order valence-corrected chi connectivity index (χ3v) is 4.66. The molecule has 1 fully saturated rings. The van der Waals surface area contributed by atoms with Crippen molar-refractivity contribution in [1.29, 1.82) is 0 Å². The molecule has 2 heteroatoms. The van der Waals surface area contributed by atoms with Gasteiger partial charge in [-0.25, -0.2) is 0 Å². The Labute approximate surface area is 106 Å². The van der Waals surface area contributed by atoms with E-state index >= 15 is 0 Å². The lowest BCUT2D eigenvalue weighted by molar-refractivity contribution is 0.0487. The average Bonchev–Trinajstić information content (AvgIpc) is 2.80. The van der Waals surface area contributed by atoms with Crippen LogP contribution >= 0.6 is 15.9 Å². The van der Waals surface area contributed by atoms with Gasteiger partial charge in [0.1, 0.15) is 0 Å². The van der Waals surface area contributed by atoms with Gasteiger partial charge in [-0.05, 0) is 18.4 Å². The van der Waals surface area contributed by atoms with E-state index in [1.807, 2.05) is 6.07 Å². The third kappa shape index (κ3) is 3.08. The summed E-state index contributed by atoms with van der Waals surface area (Å²) in [5.41, 5.74) is 1.68. The highest BCUT2D eigenvalue weighted by molar-refractivity contribution is 9.09. The van der Waals surface area contributed by atoms with Gasteiger partial charge >= 0.3 is 0 Å². The molecule has 0 aromatic heterocycles. The molecule has 1 aliphatic rings. The fourth-order valence-electron chi connectivity index (χ4n) is 2.40. The van der Waals surface area contributed by atoms with Gasteiger partial charge in [-0.2, -0.15) is 0 Å². The first kappa shape index (κ1) is 12.1. The molecule has 1 aromatic carbocycles. The van der Waals surface area contributed by atoms with Crippen LogP contribution in [-0.2, 0) is 11.3 Å². The lowest BCUT2D eigenvalue weighted by Gasteiger charge is -2.26. The largest absolute Gasteiger partial charge is 0.376 e. The number of alkyl halides is 1. The summed E-state index contributed by atoms with van der Waals surface area (Å²) >= 11 is 3.64. The van der Waals surface area contributed by atoms with Crippen LogP contribution in [0.2, 0.25) is 0 Å². The molecule has 0 N–H and O–H groups in total. The summed E-state index contributed by atoms with van der Waals surface area (Å²) in [4.78, 5) is 0. The van der Waals surface area contributed by atoms with Crippen LogP contribution in [0.25, 0.3) is 0 Å². The van der Waals surface area contributed by atoms with Gasteiger partial charge in [0.15, 0.2) is 0 Å². The van der Waals surface area contributed by atoms with Gasteiger partial charge in [0.2, 0.25) is 0 Å². The molecule has 0 spiro atoms. The Morgan fingerprint density at radius 2 is 1.81 bits per heavy atom. The SMILES string of the molecule is BrCC1(COCc2ccccc2)CCCC1. The summed E-state index contributed by atoms with van der Waals surface area (Å²) < 4.78 is 5.87. The zero-order valence-corrected chi connectivity index (χ0v) is 11.2. The second-order valence-electron chi connectivity index (χ2n) is 4.82. The van der Waals surface area contributed by atoms with Crippen LogP contribution in [0.15, 0.2) is 30.3 Å². The molecule has 88 valence electrons. The van der Waals surface area contributed by atoms with Crippen molar-refractivity contribution >= 4 is 15.9 Å². The van der Waals surface area contributed by atoms with E-state index in [2.05, 4.69) is 40.2 Å². The van der Waals surface area contributed by atoms with E-state index in [-0.39, 0.29) is 0 Å². The van der Waals surface area contributed by atoms with E-state index in [4.69, 9.17) is 4.74 Å². The molecule has 1 saturated carbocycles. The first-order chi connectivity index (χ1) is 7.85. The first-order valence-electron chi connectivity index (χ1n) is 6.02. The predicted octanol–water partition coefficient (Wildman–Crippen LogP) is 4.16. The molecular formula is C14H19BrO. The van der Waals surface area contributed by atoms with Crippen molar-refractivity contribution in [3.05, 3.63) is 35.9 Å². The number of rotatable bonds is 5. The van der Waals surface area contributed by atoms with E-state index in [0.717, 1.165) is 18.5 Å². The second-order valence-corrected chi connectivity index (χ2v) is 5.38. The Balaban J connectivity index is 1.79. The fraction of sp³-hybridized carbons (Fsp3) is 0.571. The highest BCUT2D eigenvalue weighted by Crippen LogP contribution is 2.39. The predicted molar refractivity (Wildman–Crippen MR) is 70.8 cm³/mol. The van der Waals surface area contributed by atoms with Gasteiger partial charge < -0.3 is 4.74 Å². The molecule has 1 nitrogen and oxygen atoms in total. The van der Waals surface area contributed by atoms with Crippen LogP contribution in [0.3, 0.4) is 0 Å². The number of benzene rings is 1. The summed E-state index contributed by atoms with van der Waals surface area (Å²) in [7, 11) is 0. The molecule has 0 amide bonds. The maximum Gasteiger partial charge on any atom is 0.0717 e. The minimum absolute atomic E-state index is 0.411. The van der Waals surface area contributed by atoms with Gasteiger partial charge in [0, 0.05) is 10.7 Å². The van der Waals surface area contributed by atoms with Crippen LogP contribution in [0.5, 0.6) is 0 Å². The molecule has 0 unspecified atom stereocenters. The smallest absolute Gasteiger partial charge is 0.0717 e. The molecule has 0 saturated heterocycles. The van der Waals surface area contributed by atoms with E-state index in [1.54, 1.807) is 0 Å². The Bertz CT molecular complexity index is 304.